The largest absolute Gasteiger partial charge is 0.0696 e. The third-order valence-corrected chi connectivity index (χ3v) is 7.86. The van der Waals surface area contributed by atoms with Gasteiger partial charge < -0.3 is 0 Å². The zero-order chi connectivity index (χ0) is 24.1. The standard InChI is InChI=1S/C32H52/c1-11-23(3)27-21-25(17-19-29(27)31(5,6)7)15-13-14-16-26-18-20-30(32(8,9)10)28(22-26)24(4)12-2/h17-21,23-24,28H,11-16,22H2,1-10H3. The smallest absolute Gasteiger partial charge is 0.0129 e. The summed E-state index contributed by atoms with van der Waals surface area (Å²) in [5.41, 5.74) is 8.46. The van der Waals surface area contributed by atoms with E-state index in [4.69, 9.17) is 0 Å². The van der Waals surface area contributed by atoms with Crippen molar-refractivity contribution in [3.63, 3.8) is 0 Å². The van der Waals surface area contributed by atoms with Gasteiger partial charge in [0.25, 0.3) is 0 Å². The number of hydrogen-bond donors (Lipinski definition) is 0. The highest BCUT2D eigenvalue weighted by Crippen LogP contribution is 2.43. The lowest BCUT2D eigenvalue weighted by Gasteiger charge is -2.37. The van der Waals surface area contributed by atoms with Crippen LogP contribution in [0.4, 0.5) is 0 Å². The summed E-state index contributed by atoms with van der Waals surface area (Å²) in [6.07, 6.45) is 13.7. The number of hydrogen-bond acceptors (Lipinski definition) is 0. The highest BCUT2D eigenvalue weighted by molar-refractivity contribution is 5.39. The van der Waals surface area contributed by atoms with Crippen molar-refractivity contribution in [1.29, 1.82) is 0 Å². The molecule has 0 heteroatoms. The molecular weight excluding hydrogens is 384 g/mol. The van der Waals surface area contributed by atoms with E-state index in [1.807, 2.05) is 0 Å². The molecule has 1 aromatic carbocycles. The van der Waals surface area contributed by atoms with Crippen molar-refractivity contribution in [2.45, 2.75) is 126 Å². The number of aryl methyl sites for hydroxylation is 1. The summed E-state index contributed by atoms with van der Waals surface area (Å²) in [7, 11) is 0. The van der Waals surface area contributed by atoms with Gasteiger partial charge in [0.05, 0.1) is 0 Å². The van der Waals surface area contributed by atoms with E-state index in [9.17, 15) is 0 Å². The van der Waals surface area contributed by atoms with E-state index in [0.717, 1.165) is 11.8 Å². The maximum atomic E-state index is 2.52. The first-order valence-corrected chi connectivity index (χ1v) is 13.4. The van der Waals surface area contributed by atoms with Crippen LogP contribution in [0.3, 0.4) is 0 Å². The van der Waals surface area contributed by atoms with Crippen LogP contribution < -0.4 is 0 Å². The monoisotopic (exact) mass is 436 g/mol. The molecule has 0 bridgehead atoms. The van der Waals surface area contributed by atoms with Gasteiger partial charge >= 0.3 is 0 Å². The van der Waals surface area contributed by atoms with E-state index in [-0.39, 0.29) is 10.8 Å². The van der Waals surface area contributed by atoms with Gasteiger partial charge in [-0.15, -0.1) is 0 Å². The molecule has 0 nitrogen and oxygen atoms in total. The van der Waals surface area contributed by atoms with Gasteiger partial charge in [-0.3, -0.25) is 0 Å². The summed E-state index contributed by atoms with van der Waals surface area (Å²) in [5.74, 6) is 2.13. The Morgan fingerprint density at radius 2 is 1.50 bits per heavy atom. The van der Waals surface area contributed by atoms with Crippen LogP contribution in [0.15, 0.2) is 41.5 Å². The lowest BCUT2D eigenvalue weighted by molar-refractivity contribution is 0.321. The summed E-state index contributed by atoms with van der Waals surface area (Å²) >= 11 is 0. The molecule has 0 radical (unpaired) electrons. The van der Waals surface area contributed by atoms with E-state index in [1.54, 1.807) is 16.7 Å². The Hall–Kier alpha value is -1.30. The second-order valence-corrected chi connectivity index (χ2v) is 12.6. The van der Waals surface area contributed by atoms with Crippen LogP contribution in [0.5, 0.6) is 0 Å². The third kappa shape index (κ3) is 7.10. The summed E-state index contributed by atoms with van der Waals surface area (Å²) in [5, 5.41) is 0. The van der Waals surface area contributed by atoms with Crippen LogP contribution in [-0.4, -0.2) is 0 Å². The van der Waals surface area contributed by atoms with Gasteiger partial charge in [-0.05, 0) is 83.8 Å². The van der Waals surface area contributed by atoms with Crippen molar-refractivity contribution >= 4 is 0 Å². The molecule has 0 fully saturated rings. The molecule has 3 unspecified atom stereocenters. The van der Waals surface area contributed by atoms with Crippen molar-refractivity contribution in [2.24, 2.45) is 17.3 Å². The molecule has 1 aliphatic rings. The fraction of sp³-hybridized carbons (Fsp3) is 0.688. The summed E-state index contributed by atoms with van der Waals surface area (Å²) in [4.78, 5) is 0. The van der Waals surface area contributed by atoms with Crippen LogP contribution in [-0.2, 0) is 11.8 Å². The van der Waals surface area contributed by atoms with Crippen molar-refractivity contribution in [3.8, 4) is 0 Å². The molecule has 0 saturated heterocycles. The molecule has 0 heterocycles. The zero-order valence-electron chi connectivity index (χ0n) is 23.1. The van der Waals surface area contributed by atoms with Gasteiger partial charge in [-0.25, -0.2) is 0 Å². The summed E-state index contributed by atoms with van der Waals surface area (Å²) < 4.78 is 0. The van der Waals surface area contributed by atoms with Crippen molar-refractivity contribution in [3.05, 3.63) is 58.2 Å². The lowest BCUT2D eigenvalue weighted by atomic mass is 9.68. The molecule has 1 aliphatic carbocycles. The van der Waals surface area contributed by atoms with Crippen LogP contribution in [0.1, 0.15) is 130 Å². The van der Waals surface area contributed by atoms with Crippen LogP contribution in [0, 0.1) is 17.3 Å². The average molecular weight is 437 g/mol. The zero-order valence-corrected chi connectivity index (χ0v) is 23.1. The molecule has 0 amide bonds. The molecule has 0 spiro atoms. The molecule has 1 aromatic rings. The van der Waals surface area contributed by atoms with Crippen LogP contribution in [0.25, 0.3) is 0 Å². The fourth-order valence-corrected chi connectivity index (χ4v) is 5.34. The second kappa shape index (κ2) is 11.2. The highest BCUT2D eigenvalue weighted by atomic mass is 14.4. The first kappa shape index (κ1) is 26.9. The predicted molar refractivity (Wildman–Crippen MR) is 145 cm³/mol. The molecule has 2 rings (SSSR count). The van der Waals surface area contributed by atoms with E-state index in [1.165, 1.54) is 56.1 Å². The minimum atomic E-state index is 0.219. The van der Waals surface area contributed by atoms with Crippen LogP contribution in [0.2, 0.25) is 0 Å². The molecule has 0 N–H and O–H groups in total. The molecule has 0 aromatic heterocycles. The van der Waals surface area contributed by atoms with Gasteiger partial charge in [-0.1, -0.05) is 117 Å². The maximum Gasteiger partial charge on any atom is -0.0129 e. The van der Waals surface area contributed by atoms with Crippen molar-refractivity contribution < 1.29 is 0 Å². The molecule has 180 valence electrons. The summed E-state index contributed by atoms with van der Waals surface area (Å²) in [6, 6.07) is 7.33. The molecule has 32 heavy (non-hydrogen) atoms. The highest BCUT2D eigenvalue weighted by Gasteiger charge is 2.30. The second-order valence-electron chi connectivity index (χ2n) is 12.6. The molecular formula is C32H52. The summed E-state index contributed by atoms with van der Waals surface area (Å²) in [6.45, 7) is 23.7. The fourth-order valence-electron chi connectivity index (χ4n) is 5.34. The van der Waals surface area contributed by atoms with Crippen molar-refractivity contribution in [1.82, 2.24) is 0 Å². The van der Waals surface area contributed by atoms with Gasteiger partial charge in [-0.2, -0.15) is 0 Å². The van der Waals surface area contributed by atoms with E-state index in [0.29, 0.717) is 5.92 Å². The minimum Gasteiger partial charge on any atom is -0.0696 e. The van der Waals surface area contributed by atoms with Gasteiger partial charge in [0.2, 0.25) is 0 Å². The Morgan fingerprint density at radius 1 is 0.844 bits per heavy atom. The molecule has 0 saturated carbocycles. The first-order chi connectivity index (χ1) is 14.9. The Bertz CT molecular complexity index is 790. The van der Waals surface area contributed by atoms with Gasteiger partial charge in [0.15, 0.2) is 0 Å². The van der Waals surface area contributed by atoms with E-state index in [2.05, 4.69) is 99.6 Å². The minimum absolute atomic E-state index is 0.219. The maximum absolute atomic E-state index is 2.52. The topological polar surface area (TPSA) is 0 Å². The van der Waals surface area contributed by atoms with Crippen LogP contribution >= 0.6 is 0 Å². The van der Waals surface area contributed by atoms with Gasteiger partial charge in [0.1, 0.15) is 0 Å². The SMILES string of the molecule is CCC(C)c1cc(CCCCC2=CC=C(C(C)(C)C)C(C(C)CC)C2)ccc1C(C)(C)C. The third-order valence-electron chi connectivity index (χ3n) is 7.86. The lowest BCUT2D eigenvalue weighted by Crippen LogP contribution is -2.25. The Kier molecular flexibility index (Phi) is 9.45. The number of unbranched alkanes of at least 4 members (excludes halogenated alkanes) is 1. The quantitative estimate of drug-likeness (QED) is 0.338. The Labute approximate surface area is 201 Å². The molecule has 0 aliphatic heterocycles. The number of allylic oxidation sites excluding steroid dienone is 4. The first-order valence-electron chi connectivity index (χ1n) is 13.4. The molecule has 3 atom stereocenters. The Morgan fingerprint density at radius 3 is 2.06 bits per heavy atom. The number of rotatable bonds is 9. The van der Waals surface area contributed by atoms with Gasteiger partial charge in [0, 0.05) is 0 Å². The Balaban J connectivity index is 2.01. The van der Waals surface area contributed by atoms with E-state index < -0.39 is 0 Å². The van der Waals surface area contributed by atoms with E-state index >= 15 is 0 Å². The number of benzene rings is 1. The average Bonchev–Trinajstić information content (AvgIpc) is 2.73. The normalized spacial score (nSPS) is 19.4. The van der Waals surface area contributed by atoms with Crippen molar-refractivity contribution in [2.75, 3.05) is 0 Å². The predicted octanol–water partition coefficient (Wildman–Crippen LogP) is 10.2.